The average Bonchev–Trinajstić information content (AvgIpc) is 2.31. The molecule has 104 valence electrons. The van der Waals surface area contributed by atoms with Gasteiger partial charge in [0.25, 0.3) is 0 Å². The van der Waals surface area contributed by atoms with Gasteiger partial charge in [-0.25, -0.2) is 14.6 Å². The van der Waals surface area contributed by atoms with Crippen molar-refractivity contribution >= 4 is 29.4 Å². The van der Waals surface area contributed by atoms with Crippen molar-refractivity contribution in [1.82, 2.24) is 4.98 Å². The second-order valence-electron chi connectivity index (χ2n) is 3.93. The van der Waals surface area contributed by atoms with Gasteiger partial charge in [0.15, 0.2) is 0 Å². The van der Waals surface area contributed by atoms with Crippen LogP contribution in [0.4, 0.5) is 5.82 Å². The number of carboxylic acid groups (broad SMARTS) is 2. The van der Waals surface area contributed by atoms with Crippen LogP contribution in [0.15, 0.2) is 18.3 Å². The number of carbonyl (C=O) groups is 2. The van der Waals surface area contributed by atoms with Crippen molar-refractivity contribution in [2.75, 3.05) is 24.5 Å². The van der Waals surface area contributed by atoms with E-state index in [-0.39, 0.29) is 0 Å². The molecule has 0 aliphatic carbocycles. The van der Waals surface area contributed by atoms with Crippen LogP contribution in [0, 0.1) is 5.92 Å². The molecule has 0 aromatic carbocycles. The van der Waals surface area contributed by atoms with Gasteiger partial charge in [-0.3, -0.25) is 0 Å². The summed E-state index contributed by atoms with van der Waals surface area (Å²) in [6, 6.07) is 3.70. The van der Waals surface area contributed by atoms with Gasteiger partial charge in [-0.1, -0.05) is 11.6 Å². The van der Waals surface area contributed by atoms with E-state index < -0.39 is 11.9 Å². The first-order valence-corrected chi connectivity index (χ1v) is 5.85. The third-order valence-corrected chi connectivity index (χ3v) is 2.81. The van der Waals surface area contributed by atoms with E-state index in [0.29, 0.717) is 5.92 Å². The highest BCUT2D eigenvalue weighted by molar-refractivity contribution is 6.32. The highest BCUT2D eigenvalue weighted by Crippen LogP contribution is 2.28. The van der Waals surface area contributed by atoms with Crippen molar-refractivity contribution in [2.24, 2.45) is 11.7 Å². The maximum absolute atomic E-state index is 9.10. The maximum Gasteiger partial charge on any atom is 0.414 e. The summed E-state index contributed by atoms with van der Waals surface area (Å²) in [7, 11) is 0. The van der Waals surface area contributed by atoms with Crippen LogP contribution in [0.5, 0.6) is 0 Å². The number of halogens is 1. The summed E-state index contributed by atoms with van der Waals surface area (Å²) in [5.74, 6) is -2.16. The molecule has 0 amide bonds. The van der Waals surface area contributed by atoms with Crippen LogP contribution in [0.3, 0.4) is 0 Å². The van der Waals surface area contributed by atoms with Crippen molar-refractivity contribution in [3.63, 3.8) is 0 Å². The Morgan fingerprint density at radius 1 is 1.42 bits per heavy atom. The molecule has 0 atom stereocenters. The van der Waals surface area contributed by atoms with Crippen LogP contribution in [0.1, 0.15) is 0 Å². The molecule has 1 aromatic heterocycles. The predicted molar refractivity (Wildman–Crippen MR) is 69.3 cm³/mol. The van der Waals surface area contributed by atoms with Gasteiger partial charge >= 0.3 is 11.9 Å². The zero-order chi connectivity index (χ0) is 14.4. The zero-order valence-electron chi connectivity index (χ0n) is 9.99. The van der Waals surface area contributed by atoms with E-state index in [4.69, 9.17) is 37.1 Å². The molecule has 1 fully saturated rings. The summed E-state index contributed by atoms with van der Waals surface area (Å²) in [5.41, 5.74) is 5.53. The van der Waals surface area contributed by atoms with Crippen molar-refractivity contribution < 1.29 is 19.8 Å². The molecule has 1 aliphatic rings. The number of hydrogen-bond acceptors (Lipinski definition) is 5. The standard InChI is InChI=1S/C9H12ClN3.C2H2O4/c10-8-2-1-3-12-9(8)13-5-7(4-11)6-13;3-1(4)2(5)6/h1-3,7H,4-6,11H2;(H,3,4)(H,5,6). The molecule has 19 heavy (non-hydrogen) atoms. The Kier molecular flexibility index (Phi) is 5.53. The molecular formula is C11H14ClN3O4. The fraction of sp³-hybridized carbons (Fsp3) is 0.364. The number of aromatic nitrogens is 1. The Bertz CT molecular complexity index is 451. The Labute approximate surface area is 114 Å². The Hall–Kier alpha value is -1.86. The van der Waals surface area contributed by atoms with Gasteiger partial charge < -0.3 is 20.8 Å². The lowest BCUT2D eigenvalue weighted by atomic mass is 10.0. The largest absolute Gasteiger partial charge is 0.473 e. The van der Waals surface area contributed by atoms with Gasteiger partial charge in [-0.15, -0.1) is 0 Å². The average molecular weight is 288 g/mol. The number of pyridine rings is 1. The Balaban J connectivity index is 0.000000258. The fourth-order valence-electron chi connectivity index (χ4n) is 1.50. The molecule has 4 N–H and O–H groups in total. The molecule has 1 aromatic rings. The van der Waals surface area contributed by atoms with Gasteiger partial charge in [0, 0.05) is 25.2 Å². The molecule has 0 unspecified atom stereocenters. The fourth-order valence-corrected chi connectivity index (χ4v) is 1.74. The Morgan fingerprint density at radius 3 is 2.42 bits per heavy atom. The third-order valence-electron chi connectivity index (χ3n) is 2.51. The van der Waals surface area contributed by atoms with Crippen LogP contribution < -0.4 is 10.6 Å². The zero-order valence-corrected chi connectivity index (χ0v) is 10.7. The molecule has 1 aliphatic heterocycles. The first kappa shape index (κ1) is 15.2. The predicted octanol–water partition coefficient (Wildman–Crippen LogP) is 0.285. The highest BCUT2D eigenvalue weighted by Gasteiger charge is 2.27. The van der Waals surface area contributed by atoms with E-state index in [1.54, 1.807) is 6.20 Å². The molecule has 8 heteroatoms. The Morgan fingerprint density at radius 2 is 2.00 bits per heavy atom. The number of rotatable bonds is 2. The highest BCUT2D eigenvalue weighted by atomic mass is 35.5. The lowest BCUT2D eigenvalue weighted by Gasteiger charge is -2.39. The minimum absolute atomic E-state index is 0.609. The number of aliphatic carboxylic acids is 2. The van der Waals surface area contributed by atoms with E-state index in [1.165, 1.54) is 0 Å². The van der Waals surface area contributed by atoms with E-state index in [1.807, 2.05) is 12.1 Å². The molecule has 0 radical (unpaired) electrons. The summed E-state index contributed by atoms with van der Waals surface area (Å²) < 4.78 is 0. The lowest BCUT2D eigenvalue weighted by Crippen LogP contribution is -2.50. The lowest BCUT2D eigenvalue weighted by molar-refractivity contribution is -0.159. The van der Waals surface area contributed by atoms with Crippen molar-refractivity contribution in [2.45, 2.75) is 0 Å². The smallest absolute Gasteiger partial charge is 0.414 e. The van der Waals surface area contributed by atoms with Crippen molar-refractivity contribution in [3.8, 4) is 0 Å². The maximum atomic E-state index is 9.10. The summed E-state index contributed by atoms with van der Waals surface area (Å²) in [5, 5.41) is 15.5. The summed E-state index contributed by atoms with van der Waals surface area (Å²) >= 11 is 5.99. The second-order valence-corrected chi connectivity index (χ2v) is 4.33. The van der Waals surface area contributed by atoms with Crippen LogP contribution >= 0.6 is 11.6 Å². The minimum Gasteiger partial charge on any atom is -0.473 e. The summed E-state index contributed by atoms with van der Waals surface area (Å²) in [6.07, 6.45) is 1.76. The number of carboxylic acids is 2. The van der Waals surface area contributed by atoms with Gasteiger partial charge in [-0.05, 0) is 18.7 Å². The van der Waals surface area contributed by atoms with E-state index in [9.17, 15) is 0 Å². The molecule has 0 bridgehead atoms. The van der Waals surface area contributed by atoms with Crippen molar-refractivity contribution in [3.05, 3.63) is 23.4 Å². The number of nitrogens with two attached hydrogens (primary N) is 1. The molecule has 1 saturated heterocycles. The molecule has 0 spiro atoms. The molecule has 2 rings (SSSR count). The SMILES string of the molecule is NCC1CN(c2ncccc2Cl)C1.O=C(O)C(=O)O. The number of nitrogens with zero attached hydrogens (tertiary/aromatic N) is 2. The van der Waals surface area contributed by atoms with Gasteiger partial charge in [-0.2, -0.15) is 0 Å². The van der Waals surface area contributed by atoms with E-state index in [2.05, 4.69) is 9.88 Å². The summed E-state index contributed by atoms with van der Waals surface area (Å²) in [4.78, 5) is 24.6. The van der Waals surface area contributed by atoms with Gasteiger partial charge in [0.05, 0.1) is 5.02 Å². The van der Waals surface area contributed by atoms with Crippen molar-refractivity contribution in [1.29, 1.82) is 0 Å². The first-order chi connectivity index (χ1) is 8.95. The van der Waals surface area contributed by atoms with Gasteiger partial charge in [0.2, 0.25) is 0 Å². The number of hydrogen-bond donors (Lipinski definition) is 3. The topological polar surface area (TPSA) is 117 Å². The van der Waals surface area contributed by atoms with E-state index >= 15 is 0 Å². The summed E-state index contributed by atoms with van der Waals surface area (Å²) in [6.45, 7) is 2.71. The monoisotopic (exact) mass is 287 g/mol. The van der Waals surface area contributed by atoms with Crippen LogP contribution in [0.2, 0.25) is 5.02 Å². The molecule has 0 saturated carbocycles. The normalized spacial score (nSPS) is 14.1. The third kappa shape index (κ3) is 4.38. The quantitative estimate of drug-likeness (QED) is 0.669. The van der Waals surface area contributed by atoms with Crippen LogP contribution in [-0.4, -0.2) is 46.8 Å². The first-order valence-electron chi connectivity index (χ1n) is 5.47. The molecule has 2 heterocycles. The van der Waals surface area contributed by atoms with Gasteiger partial charge in [0.1, 0.15) is 5.82 Å². The molecule has 7 nitrogen and oxygen atoms in total. The van der Waals surface area contributed by atoms with Crippen LogP contribution in [-0.2, 0) is 9.59 Å². The number of anilines is 1. The molecular weight excluding hydrogens is 274 g/mol. The minimum atomic E-state index is -1.82. The second kappa shape index (κ2) is 6.91. The van der Waals surface area contributed by atoms with E-state index in [0.717, 1.165) is 30.5 Å². The van der Waals surface area contributed by atoms with Crippen LogP contribution in [0.25, 0.3) is 0 Å².